The molecule has 2 N–H and O–H groups in total. The summed E-state index contributed by atoms with van der Waals surface area (Å²) in [6.07, 6.45) is 1.87. The van der Waals surface area contributed by atoms with E-state index in [-0.39, 0.29) is 30.1 Å². The Morgan fingerprint density at radius 1 is 1.26 bits per heavy atom. The minimum absolute atomic E-state index is 0. The minimum atomic E-state index is 0. The van der Waals surface area contributed by atoms with Crippen LogP contribution in [0.3, 0.4) is 0 Å². The lowest BCUT2D eigenvalue weighted by Crippen LogP contribution is -2.37. The molecule has 8 heteroatoms. The number of nitrogens with zero attached hydrogens (tertiary/aromatic N) is 4. The lowest BCUT2D eigenvalue weighted by Gasteiger charge is -2.15. The highest BCUT2D eigenvalue weighted by Crippen LogP contribution is 2.22. The number of halogens is 1. The second kappa shape index (κ2) is 11.8. The van der Waals surface area contributed by atoms with Gasteiger partial charge in [0, 0.05) is 18.7 Å². The van der Waals surface area contributed by atoms with E-state index in [2.05, 4.69) is 52.9 Å². The molecule has 150 valence electrons. The Morgan fingerprint density at radius 2 is 2.04 bits per heavy atom. The van der Waals surface area contributed by atoms with Crippen molar-refractivity contribution in [1.29, 1.82) is 0 Å². The van der Waals surface area contributed by atoms with Crippen molar-refractivity contribution in [2.75, 3.05) is 6.54 Å². The summed E-state index contributed by atoms with van der Waals surface area (Å²) in [5, 5.41) is 14.7. The maximum absolute atomic E-state index is 5.94. The van der Waals surface area contributed by atoms with Crippen LogP contribution < -0.4 is 15.4 Å². The first-order chi connectivity index (χ1) is 12.5. The fraction of sp³-hybridized carbons (Fsp3) is 0.526. The van der Waals surface area contributed by atoms with Crippen LogP contribution in [0.1, 0.15) is 44.6 Å². The molecule has 0 atom stereocenters. The van der Waals surface area contributed by atoms with E-state index in [1.165, 1.54) is 5.56 Å². The van der Waals surface area contributed by atoms with Gasteiger partial charge in [-0.2, -0.15) is 0 Å². The molecule has 0 bridgehead atoms. The Morgan fingerprint density at radius 3 is 2.70 bits per heavy atom. The van der Waals surface area contributed by atoms with Gasteiger partial charge in [-0.25, -0.2) is 4.99 Å². The summed E-state index contributed by atoms with van der Waals surface area (Å²) >= 11 is 0. The van der Waals surface area contributed by atoms with E-state index in [1.807, 2.05) is 25.3 Å². The van der Waals surface area contributed by atoms with Gasteiger partial charge in [0.05, 0.1) is 19.2 Å². The van der Waals surface area contributed by atoms with Crippen LogP contribution in [-0.2, 0) is 19.6 Å². The van der Waals surface area contributed by atoms with Crippen molar-refractivity contribution in [3.63, 3.8) is 0 Å². The zero-order chi connectivity index (χ0) is 18.9. The second-order valence-corrected chi connectivity index (χ2v) is 6.36. The molecule has 0 aliphatic heterocycles. The largest absolute Gasteiger partial charge is 0.491 e. The number of rotatable bonds is 8. The summed E-state index contributed by atoms with van der Waals surface area (Å²) in [4.78, 5) is 4.69. The maximum atomic E-state index is 5.94. The van der Waals surface area contributed by atoms with Gasteiger partial charge in [-0.15, -0.1) is 34.2 Å². The third-order valence-corrected chi connectivity index (χ3v) is 3.79. The van der Waals surface area contributed by atoms with E-state index in [0.717, 1.165) is 36.2 Å². The van der Waals surface area contributed by atoms with E-state index < -0.39 is 0 Å². The summed E-state index contributed by atoms with van der Waals surface area (Å²) in [7, 11) is 0. The normalized spacial score (nSPS) is 11.3. The highest BCUT2D eigenvalue weighted by molar-refractivity contribution is 14.0. The molecule has 0 radical (unpaired) electrons. The smallest absolute Gasteiger partial charge is 0.191 e. The van der Waals surface area contributed by atoms with Gasteiger partial charge in [0.15, 0.2) is 11.8 Å². The van der Waals surface area contributed by atoms with Crippen molar-refractivity contribution in [1.82, 2.24) is 25.4 Å². The molecule has 2 rings (SSSR count). The molecule has 0 saturated heterocycles. The summed E-state index contributed by atoms with van der Waals surface area (Å²) in [5.41, 5.74) is 2.25. The number of guanidine groups is 1. The van der Waals surface area contributed by atoms with Crippen LogP contribution in [0.15, 0.2) is 29.5 Å². The molecule has 0 aliphatic rings. The SMILES string of the molecule is CCNC(=NCc1ccc(C)cc1OC(C)C)NCc1nncn1CC.I. The van der Waals surface area contributed by atoms with Gasteiger partial charge >= 0.3 is 0 Å². The number of aromatic nitrogens is 3. The second-order valence-electron chi connectivity index (χ2n) is 6.36. The molecule has 1 aromatic heterocycles. The van der Waals surface area contributed by atoms with Gasteiger partial charge < -0.3 is 19.9 Å². The highest BCUT2D eigenvalue weighted by atomic mass is 127. The van der Waals surface area contributed by atoms with Crippen molar-refractivity contribution in [2.45, 2.75) is 60.4 Å². The molecule has 0 aliphatic carbocycles. The van der Waals surface area contributed by atoms with Crippen molar-refractivity contribution in [3.05, 3.63) is 41.5 Å². The average molecular weight is 486 g/mol. The number of aliphatic imine (C=N–C) groups is 1. The van der Waals surface area contributed by atoms with Crippen LogP contribution >= 0.6 is 24.0 Å². The fourth-order valence-corrected chi connectivity index (χ4v) is 2.50. The van der Waals surface area contributed by atoms with Crippen molar-refractivity contribution < 1.29 is 4.74 Å². The Balaban J connectivity index is 0.00000364. The predicted octanol–water partition coefficient (Wildman–Crippen LogP) is 3.27. The molecule has 27 heavy (non-hydrogen) atoms. The lowest BCUT2D eigenvalue weighted by atomic mass is 10.1. The van der Waals surface area contributed by atoms with Crippen LogP contribution in [-0.4, -0.2) is 33.4 Å². The van der Waals surface area contributed by atoms with Crippen molar-refractivity contribution in [2.24, 2.45) is 4.99 Å². The Labute approximate surface area is 179 Å². The molecular formula is C19H31IN6O. The molecular weight excluding hydrogens is 455 g/mol. The topological polar surface area (TPSA) is 76.4 Å². The van der Waals surface area contributed by atoms with Crippen LogP contribution in [0.4, 0.5) is 0 Å². The molecule has 0 spiro atoms. The molecule has 7 nitrogen and oxygen atoms in total. The number of hydrogen-bond acceptors (Lipinski definition) is 4. The van der Waals surface area contributed by atoms with Gasteiger partial charge in [-0.3, -0.25) is 0 Å². The van der Waals surface area contributed by atoms with Crippen LogP contribution in [0.2, 0.25) is 0 Å². The first-order valence-corrected chi connectivity index (χ1v) is 9.18. The quantitative estimate of drug-likeness (QED) is 0.341. The Bertz CT molecular complexity index is 729. The number of ether oxygens (including phenoxy) is 1. The van der Waals surface area contributed by atoms with E-state index in [1.54, 1.807) is 6.33 Å². The summed E-state index contributed by atoms with van der Waals surface area (Å²) < 4.78 is 7.94. The number of benzene rings is 1. The zero-order valence-corrected chi connectivity index (χ0v) is 19.2. The molecule has 0 amide bonds. The highest BCUT2D eigenvalue weighted by Gasteiger charge is 2.08. The number of nitrogens with one attached hydrogen (secondary N) is 2. The molecule has 0 unspecified atom stereocenters. The third kappa shape index (κ3) is 7.36. The van der Waals surface area contributed by atoms with E-state index in [0.29, 0.717) is 13.1 Å². The zero-order valence-electron chi connectivity index (χ0n) is 16.8. The first-order valence-electron chi connectivity index (χ1n) is 9.18. The van der Waals surface area contributed by atoms with Gasteiger partial charge in [-0.05, 0) is 46.2 Å². The van der Waals surface area contributed by atoms with Gasteiger partial charge in [0.1, 0.15) is 12.1 Å². The number of aryl methyl sites for hydroxylation is 2. The molecule has 1 aromatic carbocycles. The fourth-order valence-electron chi connectivity index (χ4n) is 2.50. The third-order valence-electron chi connectivity index (χ3n) is 3.79. The van der Waals surface area contributed by atoms with Gasteiger partial charge in [0.25, 0.3) is 0 Å². The van der Waals surface area contributed by atoms with Gasteiger partial charge in [-0.1, -0.05) is 12.1 Å². The van der Waals surface area contributed by atoms with Gasteiger partial charge in [0.2, 0.25) is 0 Å². The van der Waals surface area contributed by atoms with E-state index in [4.69, 9.17) is 9.73 Å². The molecule has 0 saturated carbocycles. The van der Waals surface area contributed by atoms with E-state index in [9.17, 15) is 0 Å². The van der Waals surface area contributed by atoms with Crippen LogP contribution in [0, 0.1) is 6.92 Å². The monoisotopic (exact) mass is 486 g/mol. The maximum Gasteiger partial charge on any atom is 0.191 e. The molecule has 2 aromatic rings. The summed E-state index contributed by atoms with van der Waals surface area (Å²) in [6, 6.07) is 6.23. The minimum Gasteiger partial charge on any atom is -0.491 e. The standard InChI is InChI=1S/C19H30N6O.HI/c1-6-20-19(22-12-18-24-23-13-25(18)7-2)21-11-16-9-8-15(5)10-17(16)26-14(3)4;/h8-10,13-14H,6-7,11-12H2,1-5H3,(H2,20,21,22);1H. The predicted molar refractivity (Wildman–Crippen MR) is 120 cm³/mol. The average Bonchev–Trinajstić information content (AvgIpc) is 3.05. The van der Waals surface area contributed by atoms with Crippen LogP contribution in [0.25, 0.3) is 0 Å². The van der Waals surface area contributed by atoms with Crippen molar-refractivity contribution >= 4 is 29.9 Å². The Kier molecular flexibility index (Phi) is 10.1. The lowest BCUT2D eigenvalue weighted by molar-refractivity contribution is 0.240. The van der Waals surface area contributed by atoms with Crippen LogP contribution in [0.5, 0.6) is 5.75 Å². The molecule has 1 heterocycles. The summed E-state index contributed by atoms with van der Waals surface area (Å²) in [5.74, 6) is 2.52. The number of hydrogen-bond donors (Lipinski definition) is 2. The van der Waals surface area contributed by atoms with Crippen molar-refractivity contribution in [3.8, 4) is 5.75 Å². The summed E-state index contributed by atoms with van der Waals surface area (Å²) in [6.45, 7) is 13.0. The first kappa shape index (κ1) is 23.2. The van der Waals surface area contributed by atoms with E-state index >= 15 is 0 Å². The molecule has 0 fully saturated rings. The Hall–Kier alpha value is -1.84.